The zero-order valence-electron chi connectivity index (χ0n) is 14.5. The summed E-state index contributed by atoms with van der Waals surface area (Å²) < 4.78 is 0. The van der Waals surface area contributed by atoms with Gasteiger partial charge < -0.3 is 5.32 Å². The van der Waals surface area contributed by atoms with E-state index < -0.39 is 11.7 Å². The first-order valence-corrected chi connectivity index (χ1v) is 8.42. The SMILES string of the molecule is O=C(C=Cc1ccccc1)c1ccccc1.O=C1Nc2ccccc2C1=O. The molecule has 1 amide bonds. The molecule has 0 unspecified atom stereocenters. The molecule has 0 aliphatic carbocycles. The van der Waals surface area contributed by atoms with Gasteiger partial charge in [0.2, 0.25) is 0 Å². The van der Waals surface area contributed by atoms with Crippen LogP contribution in [-0.2, 0) is 4.79 Å². The summed E-state index contributed by atoms with van der Waals surface area (Å²) in [6.07, 6.45) is 3.43. The van der Waals surface area contributed by atoms with Crippen LogP contribution in [0.4, 0.5) is 5.69 Å². The third kappa shape index (κ3) is 4.64. The first-order valence-electron chi connectivity index (χ1n) is 8.42. The van der Waals surface area contributed by atoms with E-state index >= 15 is 0 Å². The highest BCUT2D eigenvalue weighted by atomic mass is 16.2. The molecule has 1 heterocycles. The predicted molar refractivity (Wildman–Crippen MR) is 106 cm³/mol. The van der Waals surface area contributed by atoms with E-state index in [-0.39, 0.29) is 5.78 Å². The highest BCUT2D eigenvalue weighted by molar-refractivity contribution is 6.51. The lowest BCUT2D eigenvalue weighted by Gasteiger charge is -1.94. The zero-order valence-corrected chi connectivity index (χ0v) is 14.5. The lowest BCUT2D eigenvalue weighted by Crippen LogP contribution is -2.12. The highest BCUT2D eigenvalue weighted by Gasteiger charge is 2.26. The van der Waals surface area contributed by atoms with Crippen LogP contribution in [0.3, 0.4) is 0 Å². The molecule has 3 aromatic rings. The molecule has 132 valence electrons. The van der Waals surface area contributed by atoms with Crippen molar-refractivity contribution in [2.75, 3.05) is 5.32 Å². The molecule has 4 heteroatoms. The number of benzene rings is 3. The van der Waals surface area contributed by atoms with E-state index in [4.69, 9.17) is 0 Å². The maximum Gasteiger partial charge on any atom is 0.296 e. The summed E-state index contributed by atoms with van der Waals surface area (Å²) in [5.74, 6) is -0.948. The third-order valence-corrected chi connectivity index (χ3v) is 3.91. The van der Waals surface area contributed by atoms with Crippen molar-refractivity contribution < 1.29 is 14.4 Å². The standard InChI is InChI=1S/C15H12O.C8H5NO2/c16-15(14-9-5-2-6-10-14)12-11-13-7-3-1-4-8-13;10-7-5-3-1-2-4-6(5)9-8(7)11/h1-12H;1-4H,(H,9,10,11). The molecular weight excluding hydrogens is 338 g/mol. The van der Waals surface area contributed by atoms with Gasteiger partial charge in [0.1, 0.15) is 0 Å². The summed E-state index contributed by atoms with van der Waals surface area (Å²) >= 11 is 0. The maximum absolute atomic E-state index is 11.7. The summed E-state index contributed by atoms with van der Waals surface area (Å²) in [5, 5.41) is 2.46. The van der Waals surface area contributed by atoms with Gasteiger partial charge in [-0.15, -0.1) is 0 Å². The molecule has 4 rings (SSSR count). The van der Waals surface area contributed by atoms with Gasteiger partial charge in [-0.05, 0) is 23.8 Å². The van der Waals surface area contributed by atoms with Gasteiger partial charge in [0.05, 0.1) is 11.3 Å². The van der Waals surface area contributed by atoms with Crippen molar-refractivity contribution in [1.82, 2.24) is 0 Å². The van der Waals surface area contributed by atoms with Crippen molar-refractivity contribution >= 4 is 29.2 Å². The van der Waals surface area contributed by atoms with Gasteiger partial charge in [-0.2, -0.15) is 0 Å². The first kappa shape index (κ1) is 18.0. The number of para-hydroxylation sites is 1. The van der Waals surface area contributed by atoms with Gasteiger partial charge in [-0.25, -0.2) is 0 Å². The molecule has 0 bridgehead atoms. The van der Waals surface area contributed by atoms with E-state index in [1.807, 2.05) is 66.7 Å². The fourth-order valence-electron chi connectivity index (χ4n) is 2.53. The maximum atomic E-state index is 11.7. The Kier molecular flexibility index (Phi) is 5.70. The number of allylic oxidation sites excluding steroid dienone is 1. The molecule has 1 aliphatic rings. The Balaban J connectivity index is 0.000000166. The van der Waals surface area contributed by atoms with Crippen LogP contribution in [0.5, 0.6) is 0 Å². The minimum atomic E-state index is -0.536. The van der Waals surface area contributed by atoms with Crippen LogP contribution in [0.1, 0.15) is 26.3 Å². The molecule has 3 aromatic carbocycles. The molecule has 0 aromatic heterocycles. The second-order valence-electron chi connectivity index (χ2n) is 5.80. The van der Waals surface area contributed by atoms with Crippen LogP contribution in [0.15, 0.2) is 91.0 Å². The molecule has 27 heavy (non-hydrogen) atoms. The van der Waals surface area contributed by atoms with Crippen LogP contribution in [0, 0.1) is 0 Å². The minimum Gasteiger partial charge on any atom is -0.318 e. The van der Waals surface area contributed by atoms with E-state index in [2.05, 4.69) is 5.32 Å². The zero-order chi connectivity index (χ0) is 19.1. The lowest BCUT2D eigenvalue weighted by molar-refractivity contribution is -0.112. The number of ketones is 2. The average Bonchev–Trinajstić information content (AvgIpc) is 3.02. The molecule has 0 saturated heterocycles. The second kappa shape index (κ2) is 8.54. The molecule has 0 fully saturated rings. The number of amides is 1. The number of rotatable bonds is 3. The van der Waals surface area contributed by atoms with Gasteiger partial charge >= 0.3 is 0 Å². The number of anilines is 1. The summed E-state index contributed by atoms with van der Waals surface area (Å²) in [6, 6.07) is 25.9. The molecule has 4 nitrogen and oxygen atoms in total. The second-order valence-corrected chi connectivity index (χ2v) is 5.80. The predicted octanol–water partition coefficient (Wildman–Crippen LogP) is 4.40. The van der Waals surface area contributed by atoms with Gasteiger partial charge in [0.15, 0.2) is 5.78 Å². The van der Waals surface area contributed by atoms with Crippen LogP contribution in [0.25, 0.3) is 6.08 Å². The molecule has 0 atom stereocenters. The summed E-state index contributed by atoms with van der Waals surface area (Å²) in [4.78, 5) is 33.5. The van der Waals surface area contributed by atoms with Crippen molar-refractivity contribution in [1.29, 1.82) is 0 Å². The number of carbonyl (C=O) groups excluding carboxylic acids is 3. The quantitative estimate of drug-likeness (QED) is 0.430. The van der Waals surface area contributed by atoms with Crippen molar-refractivity contribution in [2.45, 2.75) is 0 Å². The normalized spacial score (nSPS) is 12.1. The van der Waals surface area contributed by atoms with E-state index in [1.165, 1.54) is 0 Å². The lowest BCUT2D eigenvalue weighted by atomic mass is 10.1. The van der Waals surface area contributed by atoms with Gasteiger partial charge in [0, 0.05) is 5.56 Å². The fraction of sp³-hybridized carbons (Fsp3) is 0. The van der Waals surface area contributed by atoms with Gasteiger partial charge in [-0.3, -0.25) is 14.4 Å². The Morgan fingerprint density at radius 1 is 0.741 bits per heavy atom. The molecule has 1 N–H and O–H groups in total. The number of hydrogen-bond donors (Lipinski definition) is 1. The summed E-state index contributed by atoms with van der Waals surface area (Å²) in [7, 11) is 0. The monoisotopic (exact) mass is 355 g/mol. The Labute approximate surface area is 157 Å². The number of carbonyl (C=O) groups is 3. The van der Waals surface area contributed by atoms with Crippen molar-refractivity contribution in [3.8, 4) is 0 Å². The van der Waals surface area contributed by atoms with E-state index in [0.717, 1.165) is 11.1 Å². The summed E-state index contributed by atoms with van der Waals surface area (Å²) in [6.45, 7) is 0. The van der Waals surface area contributed by atoms with Crippen molar-refractivity contribution in [3.05, 3.63) is 108 Å². The Morgan fingerprint density at radius 2 is 1.33 bits per heavy atom. The van der Waals surface area contributed by atoms with Crippen LogP contribution in [-0.4, -0.2) is 17.5 Å². The molecule has 1 aliphatic heterocycles. The van der Waals surface area contributed by atoms with E-state index in [1.54, 1.807) is 30.3 Å². The van der Waals surface area contributed by atoms with Crippen molar-refractivity contribution in [2.24, 2.45) is 0 Å². The average molecular weight is 355 g/mol. The largest absolute Gasteiger partial charge is 0.318 e. The smallest absolute Gasteiger partial charge is 0.296 e. The fourth-order valence-corrected chi connectivity index (χ4v) is 2.53. The Morgan fingerprint density at radius 3 is 2.00 bits per heavy atom. The van der Waals surface area contributed by atoms with Crippen LogP contribution >= 0.6 is 0 Å². The van der Waals surface area contributed by atoms with Crippen LogP contribution < -0.4 is 5.32 Å². The molecule has 0 saturated carbocycles. The Bertz CT molecular complexity index is 992. The topological polar surface area (TPSA) is 63.2 Å². The van der Waals surface area contributed by atoms with Gasteiger partial charge in [0.25, 0.3) is 11.7 Å². The third-order valence-electron chi connectivity index (χ3n) is 3.91. The number of fused-ring (bicyclic) bond motifs is 1. The van der Waals surface area contributed by atoms with Crippen LogP contribution in [0.2, 0.25) is 0 Å². The summed E-state index contributed by atoms with van der Waals surface area (Å²) in [5.41, 5.74) is 2.83. The molecular formula is C23H17NO3. The highest BCUT2D eigenvalue weighted by Crippen LogP contribution is 2.21. The number of Topliss-reactive ketones (excluding diaryl/α,β-unsaturated/α-hetero) is 1. The van der Waals surface area contributed by atoms with E-state index in [9.17, 15) is 14.4 Å². The van der Waals surface area contributed by atoms with E-state index in [0.29, 0.717) is 11.3 Å². The molecule has 0 radical (unpaired) electrons. The number of nitrogens with one attached hydrogen (secondary N) is 1. The first-order chi connectivity index (χ1) is 13.1. The van der Waals surface area contributed by atoms with Gasteiger partial charge in [-0.1, -0.05) is 78.9 Å². The number of hydrogen-bond acceptors (Lipinski definition) is 3. The minimum absolute atomic E-state index is 0.0319. The Hall–Kier alpha value is -3.79. The van der Waals surface area contributed by atoms with Crippen molar-refractivity contribution in [3.63, 3.8) is 0 Å². The molecule has 0 spiro atoms.